The SMILES string of the molecule is COc1cccc([C@@H]2C(=C(O)c3ccc(C)cc3)C(=O)C(=O)N2CCCC(=O)O)c1. The molecule has 0 unspecified atom stereocenters. The number of nitrogens with zero attached hydrogens (tertiary/aromatic N) is 1. The number of aliphatic carboxylic acids is 1. The summed E-state index contributed by atoms with van der Waals surface area (Å²) in [6, 6.07) is 13.1. The topological polar surface area (TPSA) is 104 Å². The van der Waals surface area contributed by atoms with E-state index in [1.807, 2.05) is 6.92 Å². The summed E-state index contributed by atoms with van der Waals surface area (Å²) in [6.45, 7) is 1.98. The first-order chi connectivity index (χ1) is 14.3. The molecule has 2 aromatic carbocycles. The van der Waals surface area contributed by atoms with Crippen LogP contribution >= 0.6 is 0 Å². The third-order valence-corrected chi connectivity index (χ3v) is 5.06. The van der Waals surface area contributed by atoms with Crippen molar-refractivity contribution in [3.8, 4) is 5.75 Å². The van der Waals surface area contributed by atoms with Gasteiger partial charge in [-0.3, -0.25) is 14.4 Å². The molecule has 0 aromatic heterocycles. The number of aryl methyl sites for hydroxylation is 1. The number of ether oxygens (including phenoxy) is 1. The fraction of sp³-hybridized carbons (Fsp3) is 0.261. The molecule has 0 spiro atoms. The Morgan fingerprint density at radius 2 is 1.80 bits per heavy atom. The van der Waals surface area contributed by atoms with E-state index >= 15 is 0 Å². The van der Waals surface area contributed by atoms with Gasteiger partial charge in [-0.05, 0) is 31.0 Å². The average molecular weight is 409 g/mol. The minimum atomic E-state index is -0.982. The number of carbonyl (C=O) groups excluding carboxylic acids is 2. The monoisotopic (exact) mass is 409 g/mol. The summed E-state index contributed by atoms with van der Waals surface area (Å²) in [6.07, 6.45) is 0.0548. The van der Waals surface area contributed by atoms with E-state index in [0.717, 1.165) is 5.56 Å². The van der Waals surface area contributed by atoms with Crippen molar-refractivity contribution in [1.29, 1.82) is 0 Å². The van der Waals surface area contributed by atoms with Gasteiger partial charge in [0.15, 0.2) is 0 Å². The second-order valence-electron chi connectivity index (χ2n) is 7.13. The molecule has 2 aromatic rings. The van der Waals surface area contributed by atoms with Crippen LogP contribution in [-0.4, -0.2) is 46.4 Å². The van der Waals surface area contributed by atoms with Crippen LogP contribution in [0.15, 0.2) is 54.1 Å². The van der Waals surface area contributed by atoms with Crippen LogP contribution in [0.3, 0.4) is 0 Å². The zero-order valence-electron chi connectivity index (χ0n) is 16.8. The van der Waals surface area contributed by atoms with Crippen LogP contribution in [0.25, 0.3) is 5.76 Å². The quantitative estimate of drug-likeness (QED) is 0.413. The number of carbonyl (C=O) groups is 3. The van der Waals surface area contributed by atoms with Crippen LogP contribution in [0.4, 0.5) is 0 Å². The number of hydrogen-bond acceptors (Lipinski definition) is 5. The van der Waals surface area contributed by atoms with Gasteiger partial charge in [-0.2, -0.15) is 0 Å². The van der Waals surface area contributed by atoms with Crippen molar-refractivity contribution in [3.05, 3.63) is 70.8 Å². The molecule has 1 amide bonds. The van der Waals surface area contributed by atoms with Crippen LogP contribution in [0.1, 0.15) is 35.6 Å². The Balaban J connectivity index is 2.11. The molecule has 2 N–H and O–H groups in total. The van der Waals surface area contributed by atoms with Gasteiger partial charge in [0, 0.05) is 18.5 Å². The number of aliphatic hydroxyl groups excluding tert-OH is 1. The summed E-state index contributed by atoms with van der Waals surface area (Å²) in [5.41, 5.74) is 1.99. The lowest BCUT2D eigenvalue weighted by molar-refractivity contribution is -0.140. The second kappa shape index (κ2) is 8.82. The lowest BCUT2D eigenvalue weighted by Crippen LogP contribution is -2.31. The zero-order valence-corrected chi connectivity index (χ0v) is 16.8. The smallest absolute Gasteiger partial charge is 0.303 e. The molecule has 1 saturated heterocycles. The number of carboxylic acid groups (broad SMARTS) is 1. The molecule has 156 valence electrons. The standard InChI is InChI=1S/C23H23NO6/c1-14-8-10-15(11-9-14)21(27)19-20(16-5-3-6-17(13-16)30-2)24(23(29)22(19)28)12-4-7-18(25)26/h3,5-6,8-11,13,20,27H,4,7,12H2,1-2H3,(H,25,26)/t20-/m1/s1. The third-order valence-electron chi connectivity index (χ3n) is 5.06. The van der Waals surface area contributed by atoms with Gasteiger partial charge in [-0.15, -0.1) is 0 Å². The molecule has 3 rings (SSSR count). The number of rotatable bonds is 7. The van der Waals surface area contributed by atoms with E-state index in [9.17, 15) is 19.5 Å². The van der Waals surface area contributed by atoms with Crippen molar-refractivity contribution < 1.29 is 29.3 Å². The van der Waals surface area contributed by atoms with E-state index in [0.29, 0.717) is 16.9 Å². The molecular formula is C23H23NO6. The number of aliphatic hydroxyl groups is 1. The average Bonchev–Trinajstić information content (AvgIpc) is 2.98. The second-order valence-corrected chi connectivity index (χ2v) is 7.13. The molecule has 0 saturated carbocycles. The highest BCUT2D eigenvalue weighted by Gasteiger charge is 2.45. The minimum Gasteiger partial charge on any atom is -0.507 e. The Morgan fingerprint density at radius 1 is 1.10 bits per heavy atom. The van der Waals surface area contributed by atoms with Crippen LogP contribution in [0.2, 0.25) is 0 Å². The largest absolute Gasteiger partial charge is 0.507 e. The molecule has 1 atom stereocenters. The summed E-state index contributed by atoms with van der Waals surface area (Å²) in [5.74, 6) is -2.26. The molecule has 1 aliphatic rings. The Labute approximate surface area is 174 Å². The van der Waals surface area contributed by atoms with Crippen LogP contribution < -0.4 is 4.74 Å². The third kappa shape index (κ3) is 4.20. The van der Waals surface area contributed by atoms with E-state index in [4.69, 9.17) is 9.84 Å². The van der Waals surface area contributed by atoms with Gasteiger partial charge in [0.05, 0.1) is 18.7 Å². The molecule has 7 nitrogen and oxygen atoms in total. The Morgan fingerprint density at radius 3 is 2.43 bits per heavy atom. The Hall–Kier alpha value is -3.61. The number of ketones is 1. The number of carboxylic acids is 1. The first-order valence-electron chi connectivity index (χ1n) is 9.54. The molecule has 0 aliphatic carbocycles. The van der Waals surface area contributed by atoms with Crippen LogP contribution in [0.5, 0.6) is 5.75 Å². The number of benzene rings is 2. The van der Waals surface area contributed by atoms with Crippen molar-refractivity contribution in [3.63, 3.8) is 0 Å². The highest BCUT2D eigenvalue weighted by molar-refractivity contribution is 6.46. The maximum Gasteiger partial charge on any atom is 0.303 e. The fourth-order valence-corrected chi connectivity index (χ4v) is 3.54. The first-order valence-corrected chi connectivity index (χ1v) is 9.54. The summed E-state index contributed by atoms with van der Waals surface area (Å²) < 4.78 is 5.26. The molecule has 1 heterocycles. The number of amides is 1. The Kier molecular flexibility index (Phi) is 6.20. The van der Waals surface area contributed by atoms with Crippen LogP contribution in [0, 0.1) is 6.92 Å². The van der Waals surface area contributed by atoms with Gasteiger partial charge in [0.1, 0.15) is 11.5 Å². The van der Waals surface area contributed by atoms with E-state index < -0.39 is 23.7 Å². The number of methoxy groups -OCH3 is 1. The normalized spacial score (nSPS) is 17.9. The maximum atomic E-state index is 12.9. The van der Waals surface area contributed by atoms with Gasteiger partial charge in [-0.25, -0.2) is 0 Å². The van der Waals surface area contributed by atoms with Gasteiger partial charge >= 0.3 is 5.97 Å². The Bertz CT molecular complexity index is 1010. The fourth-order valence-electron chi connectivity index (χ4n) is 3.54. The van der Waals surface area contributed by atoms with Gasteiger partial charge in [0.2, 0.25) is 0 Å². The molecule has 1 aliphatic heterocycles. The minimum absolute atomic E-state index is 0.0209. The van der Waals surface area contributed by atoms with E-state index in [2.05, 4.69) is 0 Å². The summed E-state index contributed by atoms with van der Waals surface area (Å²) >= 11 is 0. The molecule has 30 heavy (non-hydrogen) atoms. The zero-order chi connectivity index (χ0) is 21.8. The molecule has 7 heteroatoms. The van der Waals surface area contributed by atoms with Gasteiger partial charge < -0.3 is 19.8 Å². The summed E-state index contributed by atoms with van der Waals surface area (Å²) in [7, 11) is 1.51. The van der Waals surface area contributed by atoms with E-state index in [1.165, 1.54) is 12.0 Å². The lowest BCUT2D eigenvalue weighted by atomic mass is 9.95. The number of hydrogen-bond donors (Lipinski definition) is 2. The van der Waals surface area contributed by atoms with Crippen LogP contribution in [-0.2, 0) is 14.4 Å². The van der Waals surface area contributed by atoms with Crippen molar-refractivity contribution in [1.82, 2.24) is 4.90 Å². The molecule has 0 bridgehead atoms. The number of likely N-dealkylation sites (tertiary alicyclic amines) is 1. The number of Topliss-reactive ketones (excluding diaryl/α,β-unsaturated/α-hetero) is 1. The van der Waals surface area contributed by atoms with Crippen molar-refractivity contribution >= 4 is 23.4 Å². The predicted octanol–water partition coefficient (Wildman–Crippen LogP) is 3.29. The van der Waals surface area contributed by atoms with E-state index in [-0.39, 0.29) is 30.7 Å². The highest BCUT2D eigenvalue weighted by Crippen LogP contribution is 2.40. The van der Waals surface area contributed by atoms with Gasteiger partial charge in [0.25, 0.3) is 11.7 Å². The maximum absolute atomic E-state index is 12.9. The van der Waals surface area contributed by atoms with Crippen molar-refractivity contribution in [2.24, 2.45) is 0 Å². The molecule has 1 fully saturated rings. The van der Waals surface area contributed by atoms with E-state index in [1.54, 1.807) is 48.5 Å². The van der Waals surface area contributed by atoms with Gasteiger partial charge in [-0.1, -0.05) is 42.0 Å². The van der Waals surface area contributed by atoms with Crippen molar-refractivity contribution in [2.45, 2.75) is 25.8 Å². The molecule has 0 radical (unpaired) electrons. The molecular weight excluding hydrogens is 386 g/mol. The van der Waals surface area contributed by atoms with Crippen molar-refractivity contribution in [2.75, 3.05) is 13.7 Å². The predicted molar refractivity (Wildman–Crippen MR) is 110 cm³/mol. The summed E-state index contributed by atoms with van der Waals surface area (Å²) in [5, 5.41) is 19.9. The lowest BCUT2D eigenvalue weighted by Gasteiger charge is -2.25. The highest BCUT2D eigenvalue weighted by atomic mass is 16.5. The first kappa shape index (κ1) is 21.1. The summed E-state index contributed by atoms with van der Waals surface area (Å²) in [4.78, 5) is 37.9.